The van der Waals surface area contributed by atoms with E-state index in [2.05, 4.69) is 170 Å². The molecule has 13 rings (SSSR count). The summed E-state index contributed by atoms with van der Waals surface area (Å²) in [5.74, 6) is 0. The van der Waals surface area contributed by atoms with Gasteiger partial charge in [-0.2, -0.15) is 5.26 Å². The molecule has 1 nitrogen and oxygen atoms in total. The fourth-order valence-electron chi connectivity index (χ4n) is 10.6. The molecule has 0 saturated heterocycles. The van der Waals surface area contributed by atoms with Crippen molar-refractivity contribution in [2.24, 2.45) is 0 Å². The first-order valence-electron chi connectivity index (χ1n) is 20.0. The summed E-state index contributed by atoms with van der Waals surface area (Å²) in [6.07, 6.45) is 0. The van der Waals surface area contributed by atoms with Crippen LogP contribution in [0.4, 0.5) is 0 Å². The second kappa shape index (κ2) is 11.6. The van der Waals surface area contributed by atoms with Crippen molar-refractivity contribution >= 4 is 97.0 Å². The van der Waals surface area contributed by atoms with Crippen LogP contribution in [0.2, 0.25) is 0 Å². The van der Waals surface area contributed by atoms with Gasteiger partial charge in [-0.15, -0.1) is 0 Å². The Labute approximate surface area is 333 Å². The maximum atomic E-state index is 9.37. The molecule has 0 fully saturated rings. The summed E-state index contributed by atoms with van der Waals surface area (Å²) >= 11 is 0. The lowest BCUT2D eigenvalue weighted by Crippen LogP contribution is -1.91. The number of fused-ring (bicyclic) bond motifs is 12. The van der Waals surface area contributed by atoms with E-state index in [9.17, 15) is 5.26 Å². The van der Waals surface area contributed by atoms with E-state index in [1.165, 1.54) is 119 Å². The second-order valence-corrected chi connectivity index (χ2v) is 15.8. The molecule has 0 spiro atoms. The van der Waals surface area contributed by atoms with Crippen LogP contribution in [0.25, 0.3) is 130 Å². The SMILES string of the molecule is N#Cc1ccc(-c2ccc3c(ccc4cc5c6c(-c7ccccc7)c7cc8c9ccccc9c9cccc(c7c(-c7ccccc7)c6c6cccc(c43)c56)c98)c2)cc1. The van der Waals surface area contributed by atoms with Crippen molar-refractivity contribution < 1.29 is 0 Å². The molecule has 0 radical (unpaired) electrons. The Morgan fingerprint density at radius 3 is 1.53 bits per heavy atom. The largest absolute Gasteiger partial charge is 0.192 e. The minimum absolute atomic E-state index is 0.672. The average molecular weight is 730 g/mol. The first-order chi connectivity index (χ1) is 28.7. The average Bonchev–Trinajstić information content (AvgIpc) is 3.79. The predicted molar refractivity (Wildman–Crippen MR) is 247 cm³/mol. The number of benzene rings is 11. The third-order valence-electron chi connectivity index (χ3n) is 12.9. The summed E-state index contributed by atoms with van der Waals surface area (Å²) in [6.45, 7) is 0. The minimum atomic E-state index is 0.672. The predicted octanol–water partition coefficient (Wildman–Crippen LogP) is 15.8. The van der Waals surface area contributed by atoms with Crippen LogP contribution in [0, 0.1) is 11.3 Å². The Morgan fingerprint density at radius 2 is 0.810 bits per heavy atom. The fourth-order valence-corrected chi connectivity index (χ4v) is 10.6. The summed E-state index contributed by atoms with van der Waals surface area (Å²) in [7, 11) is 0. The van der Waals surface area contributed by atoms with Crippen LogP contribution in [0.5, 0.6) is 0 Å². The zero-order valence-electron chi connectivity index (χ0n) is 31.3. The highest BCUT2D eigenvalue weighted by Gasteiger charge is 2.27. The number of hydrogen-bond acceptors (Lipinski definition) is 1. The van der Waals surface area contributed by atoms with Crippen LogP contribution in [-0.4, -0.2) is 0 Å². The lowest BCUT2D eigenvalue weighted by Gasteiger charge is -2.19. The molecule has 0 aliphatic carbocycles. The van der Waals surface area contributed by atoms with Crippen LogP contribution < -0.4 is 0 Å². The molecule has 264 valence electrons. The quantitative estimate of drug-likeness (QED) is 0.166. The number of nitriles is 1. The number of rotatable bonds is 3. The molecule has 0 heterocycles. The Bertz CT molecular complexity index is 3870. The van der Waals surface area contributed by atoms with Crippen molar-refractivity contribution in [2.75, 3.05) is 0 Å². The third kappa shape index (κ3) is 4.13. The fraction of sp³-hybridized carbons (Fsp3) is 0. The standard InChI is InChI=1S/C57H31N/c58-32-33-21-23-34(24-22-33)37-27-28-40-38(29-37)25-26-39-30-48-54-44(50(39)40)18-10-20-46(54)56-52(36-13-5-2-6-14-36)55-45-19-9-17-43-41-15-7-8-16-42(41)47(53(43)45)31-49(55)51(57(48)56)35-11-3-1-4-12-35/h1-31H. The van der Waals surface area contributed by atoms with Crippen LogP contribution in [0.1, 0.15) is 5.56 Å². The van der Waals surface area contributed by atoms with E-state index < -0.39 is 0 Å². The monoisotopic (exact) mass is 729 g/mol. The lowest BCUT2D eigenvalue weighted by atomic mass is 9.84. The van der Waals surface area contributed by atoms with Crippen molar-refractivity contribution in [3.63, 3.8) is 0 Å². The maximum Gasteiger partial charge on any atom is 0.0991 e. The first-order valence-corrected chi connectivity index (χ1v) is 20.0. The van der Waals surface area contributed by atoms with Gasteiger partial charge in [0.25, 0.3) is 0 Å². The second-order valence-electron chi connectivity index (χ2n) is 15.8. The summed E-state index contributed by atoms with van der Waals surface area (Å²) in [5.41, 5.74) is 7.98. The molecule has 58 heavy (non-hydrogen) atoms. The van der Waals surface area contributed by atoms with E-state index in [1.54, 1.807) is 0 Å². The van der Waals surface area contributed by atoms with Gasteiger partial charge in [0.05, 0.1) is 11.6 Å². The van der Waals surface area contributed by atoms with Gasteiger partial charge in [0.15, 0.2) is 0 Å². The smallest absolute Gasteiger partial charge is 0.0991 e. The van der Waals surface area contributed by atoms with E-state index >= 15 is 0 Å². The Hall–Kier alpha value is -7.79. The van der Waals surface area contributed by atoms with Crippen molar-refractivity contribution in [1.82, 2.24) is 0 Å². The molecule has 13 aromatic carbocycles. The van der Waals surface area contributed by atoms with Crippen LogP contribution in [-0.2, 0) is 0 Å². The van der Waals surface area contributed by atoms with Crippen molar-refractivity contribution in [1.29, 1.82) is 5.26 Å². The molecule has 0 unspecified atom stereocenters. The first kappa shape index (κ1) is 31.4. The highest BCUT2D eigenvalue weighted by Crippen LogP contribution is 2.55. The van der Waals surface area contributed by atoms with Crippen LogP contribution in [0.3, 0.4) is 0 Å². The van der Waals surface area contributed by atoms with Gasteiger partial charge in [0.2, 0.25) is 0 Å². The Kier molecular flexibility index (Phi) is 6.29. The molecular weight excluding hydrogens is 699 g/mol. The van der Waals surface area contributed by atoms with E-state index in [4.69, 9.17) is 0 Å². The molecule has 0 atom stereocenters. The zero-order chi connectivity index (χ0) is 38.1. The third-order valence-corrected chi connectivity index (χ3v) is 12.9. The van der Waals surface area contributed by atoms with Crippen LogP contribution in [0.15, 0.2) is 188 Å². The van der Waals surface area contributed by atoms with Crippen LogP contribution >= 0.6 is 0 Å². The molecule has 0 aliphatic heterocycles. The molecule has 0 bridgehead atoms. The van der Waals surface area contributed by atoms with Gasteiger partial charge in [-0.1, -0.05) is 158 Å². The van der Waals surface area contributed by atoms with Gasteiger partial charge in [-0.25, -0.2) is 0 Å². The molecular formula is C57H31N. The van der Waals surface area contributed by atoms with Gasteiger partial charge < -0.3 is 0 Å². The van der Waals surface area contributed by atoms with E-state index in [-0.39, 0.29) is 0 Å². The lowest BCUT2D eigenvalue weighted by molar-refractivity contribution is 1.48. The highest BCUT2D eigenvalue weighted by molar-refractivity contribution is 6.46. The molecule has 0 aromatic heterocycles. The summed E-state index contributed by atoms with van der Waals surface area (Å²) in [5, 5.41) is 32.7. The van der Waals surface area contributed by atoms with Gasteiger partial charge >= 0.3 is 0 Å². The van der Waals surface area contributed by atoms with Gasteiger partial charge in [0, 0.05) is 0 Å². The van der Waals surface area contributed by atoms with Crippen molar-refractivity contribution in [3.8, 4) is 39.4 Å². The summed E-state index contributed by atoms with van der Waals surface area (Å²) in [6, 6.07) is 71.5. The normalized spacial score (nSPS) is 12.1. The molecule has 0 aliphatic rings. The summed E-state index contributed by atoms with van der Waals surface area (Å²) < 4.78 is 0. The number of hydrogen-bond donors (Lipinski definition) is 0. The van der Waals surface area contributed by atoms with Crippen molar-refractivity contribution in [2.45, 2.75) is 0 Å². The Morgan fingerprint density at radius 1 is 0.259 bits per heavy atom. The van der Waals surface area contributed by atoms with E-state index in [1.807, 2.05) is 24.3 Å². The highest BCUT2D eigenvalue weighted by atomic mass is 14.3. The molecule has 13 aromatic rings. The van der Waals surface area contributed by atoms with Gasteiger partial charge in [0.1, 0.15) is 0 Å². The minimum Gasteiger partial charge on any atom is -0.192 e. The molecule has 1 heteroatoms. The Balaban J connectivity index is 1.25. The molecule has 0 amide bonds. The number of nitrogens with zero attached hydrogens (tertiary/aromatic N) is 1. The molecule has 0 N–H and O–H groups in total. The maximum absolute atomic E-state index is 9.37. The zero-order valence-corrected chi connectivity index (χ0v) is 31.3. The van der Waals surface area contributed by atoms with Gasteiger partial charge in [-0.05, 0) is 161 Å². The summed E-state index contributed by atoms with van der Waals surface area (Å²) in [4.78, 5) is 0. The topological polar surface area (TPSA) is 23.8 Å². The van der Waals surface area contributed by atoms with Gasteiger partial charge in [-0.3, -0.25) is 0 Å². The van der Waals surface area contributed by atoms with E-state index in [0.717, 1.165) is 11.1 Å². The molecule has 0 saturated carbocycles. The van der Waals surface area contributed by atoms with E-state index in [0.29, 0.717) is 5.56 Å². The van der Waals surface area contributed by atoms with Crippen molar-refractivity contribution in [3.05, 3.63) is 194 Å².